The van der Waals surface area contributed by atoms with Crippen molar-refractivity contribution in [1.82, 2.24) is 0 Å². The molecule has 0 aliphatic carbocycles. The van der Waals surface area contributed by atoms with Crippen molar-refractivity contribution in [2.24, 2.45) is 0 Å². The molecule has 1 aromatic carbocycles. The summed E-state index contributed by atoms with van der Waals surface area (Å²) >= 11 is 3.87. The van der Waals surface area contributed by atoms with Gasteiger partial charge in [0.25, 0.3) is 10.1 Å². The molecule has 0 aliphatic heterocycles. The van der Waals surface area contributed by atoms with E-state index in [9.17, 15) is 12.6 Å². The number of hydrogen-bond donors (Lipinski definition) is 1. The smallest absolute Gasteiger partial charge is 0.298 e. The van der Waals surface area contributed by atoms with Crippen LogP contribution in [-0.2, 0) is 29.6 Å². The van der Waals surface area contributed by atoms with Crippen LogP contribution in [0.5, 0.6) is 0 Å². The highest BCUT2D eigenvalue weighted by molar-refractivity contribution is 7.87. The van der Waals surface area contributed by atoms with E-state index < -0.39 is 21.2 Å². The van der Waals surface area contributed by atoms with Crippen molar-refractivity contribution in [3.8, 4) is 0 Å². The number of halogens is 1. The molecule has 0 saturated heterocycles. The van der Waals surface area contributed by atoms with Gasteiger partial charge in [0.05, 0.1) is 29.8 Å². The summed E-state index contributed by atoms with van der Waals surface area (Å²) < 4.78 is 43.4. The first kappa shape index (κ1) is 14.4. The van der Waals surface area contributed by atoms with Crippen LogP contribution >= 0.6 is 11.6 Å². The average Bonchev–Trinajstić information content (AvgIpc) is 2.27. The van der Waals surface area contributed by atoms with Gasteiger partial charge in [0.2, 0.25) is 0 Å². The first-order chi connectivity index (χ1) is 7.83. The Morgan fingerprint density at radius 2 is 1.94 bits per heavy atom. The van der Waals surface area contributed by atoms with Crippen LogP contribution in [0.2, 0.25) is 5.02 Å². The van der Waals surface area contributed by atoms with Crippen LogP contribution in [0.4, 0.5) is 5.69 Å². The Bertz CT molecular complexity index is 557. The maximum Gasteiger partial charge on any atom is 0.298 e. The van der Waals surface area contributed by atoms with Crippen LogP contribution in [0.1, 0.15) is 0 Å². The van der Waals surface area contributed by atoms with Crippen molar-refractivity contribution in [3.05, 3.63) is 17.2 Å². The van der Waals surface area contributed by atoms with Crippen molar-refractivity contribution < 1.29 is 21.0 Å². The van der Waals surface area contributed by atoms with E-state index >= 15 is 0 Å². The van der Waals surface area contributed by atoms with Gasteiger partial charge < -0.3 is 5.73 Å². The normalized spacial score (nSPS) is 13.6. The third-order valence-electron chi connectivity index (χ3n) is 1.88. The summed E-state index contributed by atoms with van der Waals surface area (Å²) in [5, 5.41) is -0.110. The molecule has 0 heterocycles. The second-order valence-corrected chi connectivity index (χ2v) is 6.17. The van der Waals surface area contributed by atoms with Gasteiger partial charge >= 0.3 is 0 Å². The van der Waals surface area contributed by atoms with Gasteiger partial charge in [-0.1, -0.05) is 11.6 Å². The van der Waals surface area contributed by atoms with Crippen molar-refractivity contribution in [1.29, 1.82) is 0 Å². The van der Waals surface area contributed by atoms with Crippen molar-refractivity contribution in [3.63, 3.8) is 0 Å². The SMILES string of the molecule is COS(=O)c1cc(S(=O)(=O)OC)c(Cl)cc1N. The topological polar surface area (TPSA) is 95.7 Å². The average molecular weight is 300 g/mol. The molecular formula is C8H10ClNO5S2. The standard InChI is InChI=1S/C8H10ClNO5S2/c1-14-16(11)7-4-8(17(12,13)15-2)5(9)3-6(7)10/h3-4H,10H2,1-2H3. The quantitative estimate of drug-likeness (QED) is 0.656. The van der Waals surface area contributed by atoms with Crippen LogP contribution < -0.4 is 5.73 Å². The van der Waals surface area contributed by atoms with Gasteiger partial charge in [-0.15, -0.1) is 0 Å². The van der Waals surface area contributed by atoms with Gasteiger partial charge in [0, 0.05) is 0 Å². The molecule has 17 heavy (non-hydrogen) atoms. The van der Waals surface area contributed by atoms with Gasteiger partial charge in [-0.25, -0.2) is 4.21 Å². The van der Waals surface area contributed by atoms with E-state index in [-0.39, 0.29) is 20.5 Å². The molecule has 1 aromatic rings. The predicted molar refractivity (Wildman–Crippen MR) is 63.5 cm³/mol. The maximum atomic E-state index is 11.5. The highest BCUT2D eigenvalue weighted by Gasteiger charge is 2.21. The second kappa shape index (κ2) is 5.32. The van der Waals surface area contributed by atoms with Crippen LogP contribution in [0.3, 0.4) is 0 Å². The molecule has 1 unspecified atom stereocenters. The van der Waals surface area contributed by atoms with Gasteiger partial charge in [-0.2, -0.15) is 8.42 Å². The first-order valence-corrected chi connectivity index (χ1v) is 7.05. The molecule has 0 fully saturated rings. The van der Waals surface area contributed by atoms with Gasteiger partial charge in [-0.05, 0) is 12.1 Å². The minimum absolute atomic E-state index is 0.0209. The highest BCUT2D eigenvalue weighted by atomic mass is 35.5. The molecule has 1 atom stereocenters. The molecule has 0 aliphatic rings. The van der Waals surface area contributed by atoms with E-state index in [1.807, 2.05) is 0 Å². The van der Waals surface area contributed by atoms with Crippen LogP contribution in [-0.4, -0.2) is 26.8 Å². The molecule has 0 radical (unpaired) electrons. The Hall–Kier alpha value is -0.670. The lowest BCUT2D eigenvalue weighted by atomic mass is 10.3. The number of benzene rings is 1. The Labute approximate surface area is 106 Å². The van der Waals surface area contributed by atoms with E-state index in [0.29, 0.717) is 0 Å². The maximum absolute atomic E-state index is 11.5. The fourth-order valence-corrected chi connectivity index (χ4v) is 2.98. The first-order valence-electron chi connectivity index (χ1n) is 4.19. The molecule has 0 aromatic heterocycles. The zero-order valence-electron chi connectivity index (χ0n) is 8.97. The van der Waals surface area contributed by atoms with Crippen LogP contribution in [0.15, 0.2) is 21.9 Å². The Morgan fingerprint density at radius 1 is 1.35 bits per heavy atom. The summed E-state index contributed by atoms with van der Waals surface area (Å²) in [4.78, 5) is -0.288. The van der Waals surface area contributed by atoms with Crippen molar-refractivity contribution >= 4 is 38.5 Å². The number of anilines is 1. The Balaban J connectivity index is 3.50. The number of nitrogen functional groups attached to an aromatic ring is 1. The summed E-state index contributed by atoms with van der Waals surface area (Å²) in [5.74, 6) is 0. The summed E-state index contributed by atoms with van der Waals surface area (Å²) in [7, 11) is -1.79. The van der Waals surface area contributed by atoms with Crippen LogP contribution in [0, 0.1) is 0 Å². The summed E-state index contributed by atoms with van der Waals surface area (Å²) in [6.45, 7) is 0. The van der Waals surface area contributed by atoms with E-state index in [1.165, 1.54) is 13.2 Å². The third kappa shape index (κ3) is 2.96. The lowest BCUT2D eigenvalue weighted by Crippen LogP contribution is -2.07. The fourth-order valence-electron chi connectivity index (χ4n) is 1.07. The second-order valence-electron chi connectivity index (χ2n) is 2.84. The van der Waals surface area contributed by atoms with Crippen molar-refractivity contribution in [2.75, 3.05) is 20.0 Å². The number of hydrogen-bond acceptors (Lipinski definition) is 6. The van der Waals surface area contributed by atoms with Gasteiger partial charge in [-0.3, -0.25) is 8.37 Å². The Morgan fingerprint density at radius 3 is 2.41 bits per heavy atom. The molecular weight excluding hydrogens is 290 g/mol. The zero-order chi connectivity index (χ0) is 13.2. The number of nitrogens with two attached hydrogens (primary N) is 1. The third-order valence-corrected chi connectivity index (χ3v) is 4.64. The predicted octanol–water partition coefficient (Wildman–Crippen LogP) is 0.926. The summed E-state index contributed by atoms with van der Waals surface area (Å²) in [6.07, 6.45) is 0. The molecule has 0 spiro atoms. The van der Waals surface area contributed by atoms with E-state index in [4.69, 9.17) is 17.3 Å². The van der Waals surface area contributed by atoms with Crippen LogP contribution in [0.25, 0.3) is 0 Å². The van der Waals surface area contributed by atoms with Crippen molar-refractivity contribution in [2.45, 2.75) is 9.79 Å². The minimum atomic E-state index is -3.99. The molecule has 0 bridgehead atoms. The van der Waals surface area contributed by atoms with E-state index in [0.717, 1.165) is 13.2 Å². The molecule has 0 saturated carbocycles. The minimum Gasteiger partial charge on any atom is -0.398 e. The van der Waals surface area contributed by atoms with E-state index in [1.54, 1.807) is 0 Å². The van der Waals surface area contributed by atoms with E-state index in [2.05, 4.69) is 8.37 Å². The lowest BCUT2D eigenvalue weighted by Gasteiger charge is -2.09. The molecule has 6 nitrogen and oxygen atoms in total. The summed E-state index contributed by atoms with van der Waals surface area (Å²) in [5.41, 5.74) is 5.63. The fraction of sp³-hybridized carbons (Fsp3) is 0.250. The lowest BCUT2D eigenvalue weighted by molar-refractivity contribution is 0.397. The molecule has 2 N–H and O–H groups in total. The van der Waals surface area contributed by atoms with Gasteiger partial charge in [0.15, 0.2) is 11.1 Å². The molecule has 9 heteroatoms. The number of rotatable bonds is 4. The molecule has 0 amide bonds. The summed E-state index contributed by atoms with van der Waals surface area (Å²) in [6, 6.07) is 2.25. The largest absolute Gasteiger partial charge is 0.398 e. The van der Waals surface area contributed by atoms with Gasteiger partial charge in [0.1, 0.15) is 4.90 Å². The highest BCUT2D eigenvalue weighted by Crippen LogP contribution is 2.30. The molecule has 96 valence electrons. The Kier molecular flexibility index (Phi) is 4.50. The molecule has 1 rings (SSSR count). The zero-order valence-corrected chi connectivity index (χ0v) is 11.4. The monoisotopic (exact) mass is 299 g/mol.